The molecule has 0 fully saturated rings. The second-order valence-electron chi connectivity index (χ2n) is 5.15. The Balaban J connectivity index is -0.000000315. The van der Waals surface area contributed by atoms with Crippen LogP contribution in [0.2, 0.25) is 0 Å². The van der Waals surface area contributed by atoms with Crippen LogP contribution in [0.1, 0.15) is 26.7 Å². The summed E-state index contributed by atoms with van der Waals surface area (Å²) >= 11 is 0. The second-order valence-corrected chi connectivity index (χ2v) is 5.15. The summed E-state index contributed by atoms with van der Waals surface area (Å²) < 4.78 is 14.9. The van der Waals surface area contributed by atoms with E-state index in [1.807, 2.05) is 0 Å². The molecule has 0 amide bonds. The number of carboxylic acids is 2. The van der Waals surface area contributed by atoms with Crippen molar-refractivity contribution in [1.82, 2.24) is 0 Å². The van der Waals surface area contributed by atoms with Crippen molar-refractivity contribution in [3.8, 4) is 0 Å². The van der Waals surface area contributed by atoms with E-state index >= 15 is 0 Å². The van der Waals surface area contributed by atoms with Crippen LogP contribution in [-0.2, 0) is 23.8 Å². The molecule has 0 aromatic heterocycles. The van der Waals surface area contributed by atoms with Gasteiger partial charge in [0.15, 0.2) is 0 Å². The van der Waals surface area contributed by atoms with Gasteiger partial charge in [0, 0.05) is 6.61 Å². The normalized spacial score (nSPS) is 9.77. The van der Waals surface area contributed by atoms with Crippen molar-refractivity contribution in [2.45, 2.75) is 26.7 Å². The minimum absolute atomic E-state index is 0.0278. The van der Waals surface area contributed by atoms with Crippen LogP contribution in [0.25, 0.3) is 0 Å². The highest BCUT2D eigenvalue weighted by Gasteiger charge is 2.00. The van der Waals surface area contributed by atoms with Crippen LogP contribution in [0, 0.1) is 5.92 Å². The molecule has 26 heavy (non-hydrogen) atoms. The van der Waals surface area contributed by atoms with E-state index in [4.69, 9.17) is 35.0 Å². The summed E-state index contributed by atoms with van der Waals surface area (Å²) in [4.78, 5) is 19.3. The van der Waals surface area contributed by atoms with Crippen LogP contribution in [0.4, 0.5) is 0 Å². The highest BCUT2D eigenvalue weighted by Crippen LogP contribution is 1.91. The topological polar surface area (TPSA) is 163 Å². The molecule has 0 rings (SSSR count). The first-order chi connectivity index (χ1) is 12.3. The van der Waals surface area contributed by atoms with Crippen molar-refractivity contribution >= 4 is 11.9 Å². The van der Waals surface area contributed by atoms with E-state index in [1.165, 1.54) is 0 Å². The summed E-state index contributed by atoms with van der Waals surface area (Å²) in [7, 11) is 0. The molecule has 0 unspecified atom stereocenters. The number of hydrogen-bond donors (Lipinski definition) is 5. The van der Waals surface area contributed by atoms with Crippen molar-refractivity contribution in [2.24, 2.45) is 5.92 Å². The highest BCUT2D eigenvalue weighted by molar-refractivity contribution is 5.75. The van der Waals surface area contributed by atoms with E-state index < -0.39 is 11.9 Å². The maximum Gasteiger partial charge on any atom is 0.303 e. The van der Waals surface area contributed by atoms with Gasteiger partial charge in [0.25, 0.3) is 0 Å². The molecule has 0 atom stereocenters. The van der Waals surface area contributed by atoms with Crippen molar-refractivity contribution < 1.29 is 49.3 Å². The molecule has 0 aliphatic carbocycles. The Labute approximate surface area is 154 Å². The Kier molecular flexibility index (Phi) is 29.4. The van der Waals surface area contributed by atoms with Crippen LogP contribution >= 0.6 is 0 Å². The number of carbonyl (C=O) groups is 2. The van der Waals surface area contributed by atoms with Gasteiger partial charge in [-0.15, -0.1) is 0 Å². The number of rotatable bonds is 14. The Morgan fingerprint density at radius 2 is 1.04 bits per heavy atom. The third-order valence-corrected chi connectivity index (χ3v) is 2.08. The Morgan fingerprint density at radius 3 is 1.35 bits per heavy atom. The fraction of sp³-hybridized carbons (Fsp3) is 0.875. The molecule has 0 aliphatic heterocycles. The van der Waals surface area contributed by atoms with Crippen LogP contribution in [0.15, 0.2) is 0 Å². The van der Waals surface area contributed by atoms with Crippen LogP contribution < -0.4 is 0 Å². The summed E-state index contributed by atoms with van der Waals surface area (Å²) in [5.74, 6) is -1.58. The lowest BCUT2D eigenvalue weighted by atomic mass is 10.2. The molecule has 10 nitrogen and oxygen atoms in total. The predicted octanol–water partition coefficient (Wildman–Crippen LogP) is -0.409. The Morgan fingerprint density at radius 1 is 0.692 bits per heavy atom. The number of aliphatic hydroxyl groups is 3. The number of ether oxygens (including phenoxy) is 3. The first kappa shape index (κ1) is 29.5. The van der Waals surface area contributed by atoms with E-state index in [0.717, 1.165) is 6.61 Å². The number of aliphatic hydroxyl groups excluding tert-OH is 3. The first-order valence-electron chi connectivity index (χ1n) is 8.31. The molecular weight excluding hydrogens is 352 g/mol. The third kappa shape index (κ3) is 43.4. The van der Waals surface area contributed by atoms with Gasteiger partial charge < -0.3 is 39.7 Å². The molecule has 0 aromatic rings. The molecule has 0 aromatic carbocycles. The molecule has 0 saturated carbocycles. The van der Waals surface area contributed by atoms with Gasteiger partial charge in [-0.05, 0) is 5.92 Å². The highest BCUT2D eigenvalue weighted by atomic mass is 16.5. The minimum Gasteiger partial charge on any atom is -0.481 e. The van der Waals surface area contributed by atoms with Crippen molar-refractivity contribution in [3.63, 3.8) is 0 Å². The first-order valence-corrected chi connectivity index (χ1v) is 8.31. The Bertz CT molecular complexity index is 279. The lowest BCUT2D eigenvalue weighted by molar-refractivity contribution is -0.143. The third-order valence-electron chi connectivity index (χ3n) is 2.08. The largest absolute Gasteiger partial charge is 0.481 e. The van der Waals surface area contributed by atoms with E-state index in [-0.39, 0.29) is 32.7 Å². The monoisotopic (exact) mass is 386 g/mol. The van der Waals surface area contributed by atoms with Crippen LogP contribution in [0.5, 0.6) is 0 Å². The number of aliphatic carboxylic acids is 2. The fourth-order valence-electron chi connectivity index (χ4n) is 1.05. The van der Waals surface area contributed by atoms with Crippen molar-refractivity contribution in [1.29, 1.82) is 0 Å². The zero-order chi connectivity index (χ0) is 20.6. The zero-order valence-corrected chi connectivity index (χ0v) is 15.6. The van der Waals surface area contributed by atoms with Gasteiger partial charge in [0.05, 0.1) is 65.7 Å². The SMILES string of the molecule is CC(C)COCCOCCO.O=C(O)CCC(=O)O.OCCOCCO. The summed E-state index contributed by atoms with van der Waals surface area (Å²) in [6.07, 6.45) is -0.593. The molecule has 0 heterocycles. The molecule has 5 N–H and O–H groups in total. The summed E-state index contributed by atoms with van der Waals surface area (Å²) in [5.41, 5.74) is 0. The van der Waals surface area contributed by atoms with E-state index in [0.29, 0.717) is 39.0 Å². The van der Waals surface area contributed by atoms with Gasteiger partial charge in [-0.3, -0.25) is 9.59 Å². The standard InChI is InChI=1S/C8H18O3.C4H6O4.C4H10O3/c1-8(2)7-11-6-5-10-4-3-9;5-3(6)1-2-4(7)8;5-1-3-7-4-2-6/h8-9H,3-7H2,1-2H3;1-2H2,(H,5,6)(H,7,8);5-6H,1-4H2. The summed E-state index contributed by atoms with van der Waals surface area (Å²) in [6, 6.07) is 0. The van der Waals surface area contributed by atoms with Crippen LogP contribution in [0.3, 0.4) is 0 Å². The number of carboxylic acid groups (broad SMARTS) is 2. The van der Waals surface area contributed by atoms with Gasteiger partial charge >= 0.3 is 11.9 Å². The fourth-order valence-corrected chi connectivity index (χ4v) is 1.05. The van der Waals surface area contributed by atoms with Gasteiger partial charge in [0.2, 0.25) is 0 Å². The van der Waals surface area contributed by atoms with Crippen molar-refractivity contribution in [3.05, 3.63) is 0 Å². The second kappa shape index (κ2) is 25.9. The van der Waals surface area contributed by atoms with E-state index in [1.54, 1.807) is 0 Å². The summed E-state index contributed by atoms with van der Waals surface area (Å²) in [6.45, 7) is 7.38. The van der Waals surface area contributed by atoms with Gasteiger partial charge in [-0.1, -0.05) is 13.8 Å². The van der Waals surface area contributed by atoms with Gasteiger partial charge in [0.1, 0.15) is 0 Å². The molecule has 0 spiro atoms. The van der Waals surface area contributed by atoms with Crippen LogP contribution in [-0.4, -0.2) is 96.9 Å². The molecule has 0 aliphatic rings. The predicted molar refractivity (Wildman–Crippen MR) is 93.1 cm³/mol. The average molecular weight is 386 g/mol. The maximum atomic E-state index is 9.64. The minimum atomic E-state index is -1.08. The Hall–Kier alpha value is -1.30. The lowest BCUT2D eigenvalue weighted by Crippen LogP contribution is -2.10. The van der Waals surface area contributed by atoms with Crippen molar-refractivity contribution in [2.75, 3.05) is 59.5 Å². The molecule has 0 radical (unpaired) electrons. The molecule has 0 bridgehead atoms. The lowest BCUT2D eigenvalue weighted by Gasteiger charge is -2.06. The molecule has 10 heteroatoms. The van der Waals surface area contributed by atoms with E-state index in [2.05, 4.69) is 18.6 Å². The number of hydrogen-bond acceptors (Lipinski definition) is 8. The molecular formula is C16H34O10. The summed E-state index contributed by atoms with van der Waals surface area (Å²) in [5, 5.41) is 40.3. The van der Waals surface area contributed by atoms with Gasteiger partial charge in [-0.2, -0.15) is 0 Å². The smallest absolute Gasteiger partial charge is 0.303 e. The van der Waals surface area contributed by atoms with E-state index in [9.17, 15) is 9.59 Å². The molecule has 0 saturated heterocycles. The average Bonchev–Trinajstić information content (AvgIpc) is 2.57. The van der Waals surface area contributed by atoms with Gasteiger partial charge in [-0.25, -0.2) is 0 Å². The maximum absolute atomic E-state index is 9.64. The quantitative estimate of drug-likeness (QED) is 0.248. The zero-order valence-electron chi connectivity index (χ0n) is 15.6. The molecule has 158 valence electrons.